The Kier molecular flexibility index (Phi) is 3.82. The van der Waals surface area contributed by atoms with Gasteiger partial charge in [-0.2, -0.15) is 4.98 Å². The molecule has 0 saturated heterocycles. The van der Waals surface area contributed by atoms with Gasteiger partial charge < -0.3 is 4.74 Å². The van der Waals surface area contributed by atoms with Crippen molar-refractivity contribution in [1.82, 2.24) is 24.6 Å². The van der Waals surface area contributed by atoms with Crippen LogP contribution in [0.25, 0.3) is 16.2 Å². The third kappa shape index (κ3) is 2.92. The molecule has 124 valence electrons. The van der Waals surface area contributed by atoms with Crippen molar-refractivity contribution >= 4 is 28.2 Å². The van der Waals surface area contributed by atoms with Crippen LogP contribution in [0, 0.1) is 0 Å². The minimum atomic E-state index is -0.405. The molecule has 4 rings (SSSR count). The third-order valence-electron chi connectivity index (χ3n) is 3.49. The van der Waals surface area contributed by atoms with E-state index < -0.39 is 5.91 Å². The first-order chi connectivity index (χ1) is 12.2. The SMILES string of the molecule is COc1ccc(-c2csc3nc(NC(=O)c4cnccn4)nn23)cc1. The number of benzene rings is 1. The zero-order valence-electron chi connectivity index (χ0n) is 13.1. The lowest BCUT2D eigenvalue weighted by Gasteiger charge is -2.02. The Labute approximate surface area is 146 Å². The minimum absolute atomic E-state index is 0.205. The van der Waals surface area contributed by atoms with Crippen LogP contribution in [0.3, 0.4) is 0 Å². The Morgan fingerprint density at radius 2 is 2.08 bits per heavy atom. The molecule has 0 unspecified atom stereocenters. The van der Waals surface area contributed by atoms with E-state index in [1.807, 2.05) is 29.6 Å². The Morgan fingerprint density at radius 1 is 1.24 bits per heavy atom. The molecule has 0 aliphatic rings. The molecule has 1 amide bonds. The number of aromatic nitrogens is 5. The summed E-state index contributed by atoms with van der Waals surface area (Å²) in [6, 6.07) is 7.65. The molecule has 0 bridgehead atoms. The number of rotatable bonds is 4. The lowest BCUT2D eigenvalue weighted by Crippen LogP contribution is -2.14. The number of thiazole rings is 1. The second kappa shape index (κ2) is 6.29. The molecular weight excluding hydrogens is 340 g/mol. The molecule has 8 nitrogen and oxygen atoms in total. The van der Waals surface area contributed by atoms with Gasteiger partial charge in [0.15, 0.2) is 0 Å². The largest absolute Gasteiger partial charge is 0.497 e. The molecule has 3 heterocycles. The van der Waals surface area contributed by atoms with Crippen LogP contribution >= 0.6 is 11.3 Å². The van der Waals surface area contributed by atoms with Gasteiger partial charge in [-0.15, -0.1) is 16.4 Å². The quantitative estimate of drug-likeness (QED) is 0.606. The zero-order chi connectivity index (χ0) is 17.2. The van der Waals surface area contributed by atoms with Crippen LogP contribution in [-0.2, 0) is 0 Å². The molecule has 0 fully saturated rings. The number of ether oxygens (including phenoxy) is 1. The van der Waals surface area contributed by atoms with Crippen molar-refractivity contribution in [2.75, 3.05) is 12.4 Å². The molecule has 3 aromatic heterocycles. The number of hydrogen-bond donors (Lipinski definition) is 1. The standard InChI is InChI=1S/C16H12N6O2S/c1-24-11-4-2-10(3-5-11)13-9-25-16-20-15(21-22(13)16)19-14(23)12-8-17-6-7-18-12/h2-9H,1H3,(H,19,21,23). The molecule has 0 aliphatic carbocycles. The molecule has 9 heteroatoms. The van der Waals surface area contributed by atoms with E-state index in [0.717, 1.165) is 17.0 Å². The molecule has 0 aliphatic heterocycles. The van der Waals surface area contributed by atoms with Crippen molar-refractivity contribution in [3.63, 3.8) is 0 Å². The van der Waals surface area contributed by atoms with Crippen LogP contribution in [0.5, 0.6) is 5.75 Å². The van der Waals surface area contributed by atoms with Crippen LogP contribution in [0.4, 0.5) is 5.95 Å². The number of nitrogens with one attached hydrogen (secondary N) is 1. The second-order valence-corrected chi connectivity index (χ2v) is 5.86. The molecule has 4 aromatic rings. The monoisotopic (exact) mass is 352 g/mol. The summed E-state index contributed by atoms with van der Waals surface area (Å²) in [6.07, 6.45) is 4.34. The number of amides is 1. The molecule has 0 radical (unpaired) electrons. The summed E-state index contributed by atoms with van der Waals surface area (Å²) in [5.41, 5.74) is 2.06. The maximum absolute atomic E-state index is 12.1. The van der Waals surface area contributed by atoms with Crippen molar-refractivity contribution in [1.29, 1.82) is 0 Å². The van der Waals surface area contributed by atoms with E-state index in [1.165, 1.54) is 29.9 Å². The third-order valence-corrected chi connectivity index (χ3v) is 4.30. The molecule has 0 atom stereocenters. The first-order valence-electron chi connectivity index (χ1n) is 7.30. The summed E-state index contributed by atoms with van der Waals surface area (Å²) in [7, 11) is 1.63. The van der Waals surface area contributed by atoms with Gasteiger partial charge in [0.25, 0.3) is 11.9 Å². The van der Waals surface area contributed by atoms with E-state index in [1.54, 1.807) is 11.6 Å². The molecule has 1 N–H and O–H groups in total. The van der Waals surface area contributed by atoms with Crippen LogP contribution in [-0.4, -0.2) is 37.6 Å². The van der Waals surface area contributed by atoms with E-state index in [2.05, 4.69) is 25.4 Å². The smallest absolute Gasteiger partial charge is 0.278 e. The topological polar surface area (TPSA) is 94.3 Å². The summed E-state index contributed by atoms with van der Waals surface area (Å²) < 4.78 is 6.87. The van der Waals surface area contributed by atoms with Gasteiger partial charge in [-0.25, -0.2) is 9.50 Å². The summed E-state index contributed by atoms with van der Waals surface area (Å²) >= 11 is 1.44. The van der Waals surface area contributed by atoms with Gasteiger partial charge in [-0.1, -0.05) is 0 Å². The maximum atomic E-state index is 12.1. The molecule has 1 aromatic carbocycles. The fourth-order valence-electron chi connectivity index (χ4n) is 2.28. The fourth-order valence-corrected chi connectivity index (χ4v) is 3.11. The number of carbonyl (C=O) groups excluding carboxylic acids is 1. The lowest BCUT2D eigenvalue weighted by molar-refractivity contribution is 0.102. The molecular formula is C16H12N6O2S. The highest BCUT2D eigenvalue weighted by molar-refractivity contribution is 7.15. The van der Waals surface area contributed by atoms with E-state index in [-0.39, 0.29) is 11.6 Å². The average Bonchev–Trinajstić information content (AvgIpc) is 3.22. The number of hydrogen-bond acceptors (Lipinski definition) is 7. The van der Waals surface area contributed by atoms with Crippen molar-refractivity contribution in [3.05, 3.63) is 53.9 Å². The van der Waals surface area contributed by atoms with Crippen molar-refractivity contribution in [2.45, 2.75) is 0 Å². The van der Waals surface area contributed by atoms with Crippen LogP contribution in [0.2, 0.25) is 0 Å². The Balaban J connectivity index is 1.63. The minimum Gasteiger partial charge on any atom is -0.497 e. The van der Waals surface area contributed by atoms with Crippen molar-refractivity contribution < 1.29 is 9.53 Å². The first-order valence-corrected chi connectivity index (χ1v) is 8.18. The van der Waals surface area contributed by atoms with Crippen LogP contribution < -0.4 is 10.1 Å². The number of carbonyl (C=O) groups is 1. The normalized spacial score (nSPS) is 10.8. The van der Waals surface area contributed by atoms with E-state index in [9.17, 15) is 4.79 Å². The first kappa shape index (κ1) is 15.2. The Bertz CT molecular complexity index is 1030. The number of nitrogens with zero attached hydrogens (tertiary/aromatic N) is 5. The second-order valence-electron chi connectivity index (χ2n) is 5.02. The molecule has 0 spiro atoms. The predicted octanol–water partition coefficient (Wildman–Crippen LogP) is 2.51. The van der Waals surface area contributed by atoms with Crippen molar-refractivity contribution in [3.8, 4) is 17.0 Å². The van der Waals surface area contributed by atoms with E-state index in [0.29, 0.717) is 4.96 Å². The Hall–Kier alpha value is -3.33. The molecule has 25 heavy (non-hydrogen) atoms. The highest BCUT2D eigenvalue weighted by Gasteiger charge is 2.15. The van der Waals surface area contributed by atoms with Gasteiger partial charge in [-0.05, 0) is 24.3 Å². The highest BCUT2D eigenvalue weighted by Crippen LogP contribution is 2.27. The number of anilines is 1. The average molecular weight is 352 g/mol. The van der Waals surface area contributed by atoms with Gasteiger partial charge in [-0.3, -0.25) is 15.1 Å². The summed E-state index contributed by atoms with van der Waals surface area (Å²) in [5.74, 6) is 0.598. The number of fused-ring (bicyclic) bond motifs is 1. The Morgan fingerprint density at radius 3 is 2.80 bits per heavy atom. The highest BCUT2D eigenvalue weighted by atomic mass is 32.1. The van der Waals surface area contributed by atoms with E-state index in [4.69, 9.17) is 4.74 Å². The summed E-state index contributed by atoms with van der Waals surface area (Å²) in [5, 5.41) is 8.96. The van der Waals surface area contributed by atoms with E-state index >= 15 is 0 Å². The lowest BCUT2D eigenvalue weighted by atomic mass is 10.2. The molecule has 0 saturated carbocycles. The number of methoxy groups -OCH3 is 1. The zero-order valence-corrected chi connectivity index (χ0v) is 13.9. The van der Waals surface area contributed by atoms with Gasteiger partial charge in [0.1, 0.15) is 11.4 Å². The van der Waals surface area contributed by atoms with Gasteiger partial charge in [0.2, 0.25) is 4.96 Å². The summed E-state index contributed by atoms with van der Waals surface area (Å²) in [4.78, 5) is 25.0. The maximum Gasteiger partial charge on any atom is 0.278 e. The van der Waals surface area contributed by atoms with Gasteiger partial charge in [0.05, 0.1) is 19.0 Å². The van der Waals surface area contributed by atoms with Crippen molar-refractivity contribution in [2.24, 2.45) is 0 Å². The van der Waals surface area contributed by atoms with Gasteiger partial charge in [0, 0.05) is 23.3 Å². The van der Waals surface area contributed by atoms with Crippen LogP contribution in [0.15, 0.2) is 48.2 Å². The summed E-state index contributed by atoms with van der Waals surface area (Å²) in [6.45, 7) is 0. The van der Waals surface area contributed by atoms with Crippen LogP contribution in [0.1, 0.15) is 10.5 Å². The predicted molar refractivity (Wildman–Crippen MR) is 92.8 cm³/mol. The van der Waals surface area contributed by atoms with Gasteiger partial charge >= 0.3 is 0 Å². The fraction of sp³-hybridized carbons (Fsp3) is 0.0625.